The average Bonchev–Trinajstić information content (AvgIpc) is 3.00. The molecule has 0 spiro atoms. The lowest BCUT2D eigenvalue weighted by atomic mass is 9.96. The second-order valence-electron chi connectivity index (χ2n) is 8.51. The molecule has 1 aliphatic rings. The average molecular weight is 408 g/mol. The third-order valence-electron chi connectivity index (χ3n) is 4.89. The van der Waals surface area contributed by atoms with Gasteiger partial charge < -0.3 is 15.4 Å². The lowest BCUT2D eigenvalue weighted by Gasteiger charge is -2.25. The minimum absolute atomic E-state index is 0.0204. The molecule has 0 fully saturated rings. The summed E-state index contributed by atoms with van der Waals surface area (Å²) in [7, 11) is 0. The number of ether oxygens (including phenoxy) is 1. The summed E-state index contributed by atoms with van der Waals surface area (Å²) in [5, 5.41) is 5.59. The van der Waals surface area contributed by atoms with E-state index in [4.69, 9.17) is 4.74 Å². The van der Waals surface area contributed by atoms with Crippen LogP contribution in [0, 0.1) is 0 Å². The number of hydrogen-bond acceptors (Lipinski definition) is 4. The van der Waals surface area contributed by atoms with Crippen LogP contribution in [0.2, 0.25) is 0 Å². The molecular weight excluding hydrogens is 380 g/mol. The lowest BCUT2D eigenvalue weighted by Crippen LogP contribution is -2.45. The van der Waals surface area contributed by atoms with Crippen molar-refractivity contribution in [2.24, 2.45) is 0 Å². The fourth-order valence-electron chi connectivity index (χ4n) is 3.49. The number of fused-ring (bicyclic) bond motifs is 1. The molecule has 0 bridgehead atoms. The lowest BCUT2D eigenvalue weighted by molar-refractivity contribution is -0.158. The van der Waals surface area contributed by atoms with E-state index in [0.29, 0.717) is 12.8 Å². The maximum atomic E-state index is 12.7. The van der Waals surface area contributed by atoms with Crippen molar-refractivity contribution in [2.45, 2.75) is 57.6 Å². The normalized spacial score (nSPS) is 16.4. The standard InChI is InChI=1S/C24H28N2O4/c1-24(2,3)30-23(29)20(14-13-16-9-5-4-6-10-16)25-21(27)15-18-17-11-7-8-12-19(17)26-22(18)28/h4-12,18,20H,13-15H2,1-3H3,(H,25,27)(H,26,28)/t18?,20-/m0/s1. The zero-order valence-electron chi connectivity index (χ0n) is 17.6. The van der Waals surface area contributed by atoms with Crippen LogP contribution in [0.5, 0.6) is 0 Å². The fourth-order valence-corrected chi connectivity index (χ4v) is 3.49. The van der Waals surface area contributed by atoms with Crippen LogP contribution in [0.4, 0.5) is 5.69 Å². The molecule has 30 heavy (non-hydrogen) atoms. The highest BCUT2D eigenvalue weighted by Crippen LogP contribution is 2.34. The summed E-state index contributed by atoms with van der Waals surface area (Å²) in [6.45, 7) is 5.38. The van der Waals surface area contributed by atoms with Crippen molar-refractivity contribution in [1.29, 1.82) is 0 Å². The van der Waals surface area contributed by atoms with Gasteiger partial charge in [-0.1, -0.05) is 48.5 Å². The number of esters is 1. The molecule has 0 saturated carbocycles. The van der Waals surface area contributed by atoms with Crippen LogP contribution < -0.4 is 10.6 Å². The number of aryl methyl sites for hydroxylation is 1. The summed E-state index contributed by atoms with van der Waals surface area (Å²) >= 11 is 0. The first-order valence-corrected chi connectivity index (χ1v) is 10.2. The Balaban J connectivity index is 1.67. The molecule has 0 saturated heterocycles. The number of para-hydroxylation sites is 1. The first-order valence-electron chi connectivity index (χ1n) is 10.2. The molecule has 2 N–H and O–H groups in total. The third kappa shape index (κ3) is 5.69. The van der Waals surface area contributed by atoms with Crippen LogP contribution in [-0.2, 0) is 25.5 Å². The highest BCUT2D eigenvalue weighted by Gasteiger charge is 2.33. The minimum atomic E-state index is -0.781. The largest absolute Gasteiger partial charge is 0.458 e. The number of carbonyl (C=O) groups excluding carboxylic acids is 3. The Hall–Kier alpha value is -3.15. The molecule has 2 amide bonds. The topological polar surface area (TPSA) is 84.5 Å². The first kappa shape index (κ1) is 21.6. The van der Waals surface area contributed by atoms with E-state index in [9.17, 15) is 14.4 Å². The minimum Gasteiger partial charge on any atom is -0.458 e. The van der Waals surface area contributed by atoms with Gasteiger partial charge in [-0.15, -0.1) is 0 Å². The van der Waals surface area contributed by atoms with E-state index in [1.807, 2.05) is 54.6 Å². The number of nitrogens with one attached hydrogen (secondary N) is 2. The van der Waals surface area contributed by atoms with E-state index < -0.39 is 23.5 Å². The summed E-state index contributed by atoms with van der Waals surface area (Å²) in [6.07, 6.45) is 1.02. The summed E-state index contributed by atoms with van der Waals surface area (Å²) in [6, 6.07) is 16.3. The van der Waals surface area contributed by atoms with E-state index in [2.05, 4.69) is 10.6 Å². The molecule has 0 radical (unpaired) electrons. The van der Waals surface area contributed by atoms with Crippen LogP contribution >= 0.6 is 0 Å². The van der Waals surface area contributed by atoms with Crippen LogP contribution in [0.3, 0.4) is 0 Å². The molecule has 2 aromatic rings. The van der Waals surface area contributed by atoms with Crippen molar-refractivity contribution >= 4 is 23.5 Å². The van der Waals surface area contributed by atoms with E-state index >= 15 is 0 Å². The van der Waals surface area contributed by atoms with Gasteiger partial charge in [-0.2, -0.15) is 0 Å². The summed E-state index contributed by atoms with van der Waals surface area (Å²) in [5.41, 5.74) is 1.95. The zero-order chi connectivity index (χ0) is 21.7. The van der Waals surface area contributed by atoms with E-state index in [0.717, 1.165) is 16.8 Å². The van der Waals surface area contributed by atoms with Crippen LogP contribution in [0.15, 0.2) is 54.6 Å². The molecule has 0 aliphatic carbocycles. The quantitative estimate of drug-likeness (QED) is 0.686. The van der Waals surface area contributed by atoms with Crippen molar-refractivity contribution in [3.8, 4) is 0 Å². The second-order valence-corrected chi connectivity index (χ2v) is 8.51. The Bertz CT molecular complexity index is 918. The molecule has 2 aromatic carbocycles. The molecular formula is C24H28N2O4. The number of anilines is 1. The molecule has 6 nitrogen and oxygen atoms in total. The Kier molecular flexibility index (Phi) is 6.55. The van der Waals surface area contributed by atoms with Crippen LogP contribution in [0.25, 0.3) is 0 Å². The van der Waals surface area contributed by atoms with Gasteiger partial charge >= 0.3 is 5.97 Å². The van der Waals surface area contributed by atoms with E-state index in [-0.39, 0.29) is 18.2 Å². The summed E-state index contributed by atoms with van der Waals surface area (Å²) in [5.74, 6) is -1.59. The Morgan fingerprint density at radius 2 is 1.73 bits per heavy atom. The van der Waals surface area contributed by atoms with Crippen molar-refractivity contribution in [3.05, 3.63) is 65.7 Å². The fraction of sp³-hybridized carbons (Fsp3) is 0.375. The predicted octanol–water partition coefficient (Wildman–Crippen LogP) is 3.57. The SMILES string of the molecule is CC(C)(C)OC(=O)[C@H](CCc1ccccc1)NC(=O)CC1C(=O)Nc2ccccc21. The first-order chi connectivity index (χ1) is 14.2. The van der Waals surface area contributed by atoms with Gasteiger partial charge in [0.1, 0.15) is 11.6 Å². The van der Waals surface area contributed by atoms with Crippen molar-refractivity contribution in [2.75, 3.05) is 5.32 Å². The molecule has 1 heterocycles. The van der Waals surface area contributed by atoms with Gasteiger partial charge in [-0.25, -0.2) is 4.79 Å². The van der Waals surface area contributed by atoms with Gasteiger partial charge in [0.25, 0.3) is 0 Å². The Morgan fingerprint density at radius 1 is 1.07 bits per heavy atom. The molecule has 3 rings (SSSR count). The van der Waals surface area contributed by atoms with Gasteiger partial charge in [0.2, 0.25) is 11.8 Å². The highest BCUT2D eigenvalue weighted by molar-refractivity contribution is 6.05. The maximum Gasteiger partial charge on any atom is 0.329 e. The van der Waals surface area contributed by atoms with E-state index in [1.54, 1.807) is 20.8 Å². The zero-order valence-corrected chi connectivity index (χ0v) is 17.6. The van der Waals surface area contributed by atoms with Gasteiger partial charge in [-0.3, -0.25) is 9.59 Å². The van der Waals surface area contributed by atoms with Gasteiger partial charge in [0.05, 0.1) is 5.92 Å². The Morgan fingerprint density at radius 3 is 2.43 bits per heavy atom. The number of carbonyl (C=O) groups is 3. The summed E-state index contributed by atoms with van der Waals surface area (Å²) in [4.78, 5) is 37.7. The molecule has 1 aliphatic heterocycles. The number of hydrogen-bond donors (Lipinski definition) is 2. The van der Waals surface area contributed by atoms with Gasteiger partial charge in [0.15, 0.2) is 0 Å². The maximum absolute atomic E-state index is 12.7. The van der Waals surface area contributed by atoms with Gasteiger partial charge in [-0.05, 0) is 50.8 Å². The van der Waals surface area contributed by atoms with Crippen LogP contribution in [-0.4, -0.2) is 29.4 Å². The second kappa shape index (κ2) is 9.11. The van der Waals surface area contributed by atoms with E-state index in [1.165, 1.54) is 0 Å². The van der Waals surface area contributed by atoms with Crippen molar-refractivity contribution in [1.82, 2.24) is 5.32 Å². The van der Waals surface area contributed by atoms with Crippen molar-refractivity contribution < 1.29 is 19.1 Å². The molecule has 0 aromatic heterocycles. The Labute approximate surface area is 177 Å². The molecule has 1 unspecified atom stereocenters. The summed E-state index contributed by atoms with van der Waals surface area (Å²) < 4.78 is 5.50. The highest BCUT2D eigenvalue weighted by atomic mass is 16.6. The van der Waals surface area contributed by atoms with Crippen LogP contribution in [0.1, 0.15) is 50.7 Å². The number of benzene rings is 2. The number of rotatable bonds is 7. The molecule has 2 atom stereocenters. The molecule has 158 valence electrons. The van der Waals surface area contributed by atoms with Gasteiger partial charge in [0, 0.05) is 12.1 Å². The van der Waals surface area contributed by atoms with Crippen molar-refractivity contribution in [3.63, 3.8) is 0 Å². The smallest absolute Gasteiger partial charge is 0.329 e. The number of amides is 2. The predicted molar refractivity (Wildman–Crippen MR) is 115 cm³/mol. The third-order valence-corrected chi connectivity index (χ3v) is 4.89. The monoisotopic (exact) mass is 408 g/mol. The molecule has 6 heteroatoms.